The molecule has 3 aliphatic rings. The van der Waals surface area contributed by atoms with E-state index in [-0.39, 0.29) is 43.5 Å². The van der Waals surface area contributed by atoms with Gasteiger partial charge in [-0.1, -0.05) is 18.2 Å². The van der Waals surface area contributed by atoms with Crippen LogP contribution in [0.1, 0.15) is 42.4 Å². The first-order valence-electron chi connectivity index (χ1n) is 13.4. The van der Waals surface area contributed by atoms with Crippen molar-refractivity contribution >= 4 is 45.8 Å². The third-order valence-electron chi connectivity index (χ3n) is 8.71. The summed E-state index contributed by atoms with van der Waals surface area (Å²) in [4.78, 5) is 28.6. The van der Waals surface area contributed by atoms with E-state index < -0.39 is 63.5 Å². The molecule has 43 heavy (non-hydrogen) atoms. The minimum Gasteiger partial charge on any atom is -0.611 e. The fraction of sp³-hybridized carbons (Fsp3) is 0.500. The Morgan fingerprint density at radius 3 is 2.23 bits per heavy atom. The number of carboxylic acids is 1. The molecule has 0 aromatic heterocycles. The molecule has 2 saturated heterocycles. The highest BCUT2D eigenvalue weighted by Crippen LogP contribution is 2.56. The van der Waals surface area contributed by atoms with Crippen LogP contribution >= 0.6 is 22.6 Å². The monoisotopic (exact) mass is 746 g/mol. The molecule has 1 aliphatic carbocycles. The van der Waals surface area contributed by atoms with Crippen LogP contribution in [-0.2, 0) is 32.8 Å². The van der Waals surface area contributed by atoms with Crippen LogP contribution < -0.4 is 0 Å². The number of rotatable bonds is 4. The summed E-state index contributed by atoms with van der Waals surface area (Å²) < 4.78 is 110. The van der Waals surface area contributed by atoms with E-state index in [9.17, 15) is 50.0 Å². The fourth-order valence-electron chi connectivity index (χ4n) is 6.62. The van der Waals surface area contributed by atoms with Crippen molar-refractivity contribution in [2.75, 3.05) is 19.6 Å². The average Bonchev–Trinajstić information content (AvgIpc) is 3.36. The van der Waals surface area contributed by atoms with Gasteiger partial charge in [0, 0.05) is 40.8 Å². The van der Waals surface area contributed by atoms with E-state index in [0.717, 1.165) is 9.64 Å². The quantitative estimate of drug-likeness (QED) is 0.220. The van der Waals surface area contributed by atoms with Crippen molar-refractivity contribution in [3.05, 3.63) is 62.7 Å². The normalized spacial score (nSPS) is 25.2. The summed E-state index contributed by atoms with van der Waals surface area (Å²) in [7, 11) is 0. The Morgan fingerprint density at radius 2 is 1.63 bits per heavy atom. The molecule has 0 bridgehead atoms. The predicted molar refractivity (Wildman–Crippen MR) is 149 cm³/mol. The Kier molecular flexibility index (Phi) is 8.42. The number of hydrogen-bond acceptors (Lipinski definition) is 3. The SMILES string of the molecule is O=C(O)[C@@H]1CCCN(C(=O)N2CC[C@@]3([S+]([O-])c4ccc(I)cc4)c4ccc(C(F)(C(F)(F)F)C(F)(F)F)cc4CC[C@@H]23)C1. The summed E-state index contributed by atoms with van der Waals surface area (Å²) in [6, 6.07) is 7.40. The maximum absolute atomic E-state index is 15.0. The lowest BCUT2D eigenvalue weighted by molar-refractivity contribution is -0.348. The van der Waals surface area contributed by atoms with Crippen LogP contribution in [0.5, 0.6) is 0 Å². The van der Waals surface area contributed by atoms with Crippen LogP contribution in [0.4, 0.5) is 35.5 Å². The molecule has 6 nitrogen and oxygen atoms in total. The molecular formula is C28H26F7IN2O4S. The second-order valence-corrected chi connectivity index (χ2v) is 14.0. The van der Waals surface area contributed by atoms with Gasteiger partial charge >= 0.3 is 30.0 Å². The van der Waals surface area contributed by atoms with Crippen molar-refractivity contribution in [3.8, 4) is 0 Å². The van der Waals surface area contributed by atoms with E-state index in [1.54, 1.807) is 24.3 Å². The van der Waals surface area contributed by atoms with Gasteiger partial charge in [-0.2, -0.15) is 26.3 Å². The van der Waals surface area contributed by atoms with Crippen LogP contribution in [0.2, 0.25) is 0 Å². The molecule has 2 aliphatic heterocycles. The smallest absolute Gasteiger partial charge is 0.435 e. The molecule has 2 fully saturated rings. The van der Waals surface area contributed by atoms with Crippen LogP contribution in [-0.4, -0.2) is 69.5 Å². The summed E-state index contributed by atoms with van der Waals surface area (Å²) in [5, 5.41) is 9.48. The second-order valence-electron chi connectivity index (χ2n) is 11.0. The molecular weight excluding hydrogens is 720 g/mol. The number of benzene rings is 2. The van der Waals surface area contributed by atoms with Crippen molar-refractivity contribution in [2.24, 2.45) is 5.92 Å². The van der Waals surface area contributed by atoms with E-state index in [4.69, 9.17) is 0 Å². The van der Waals surface area contributed by atoms with E-state index in [0.29, 0.717) is 36.4 Å². The summed E-state index contributed by atoms with van der Waals surface area (Å²) in [6.07, 6.45) is -11.7. The number of urea groups is 1. The molecule has 0 radical (unpaired) electrons. The van der Waals surface area contributed by atoms with Gasteiger partial charge in [-0.05, 0) is 89.3 Å². The van der Waals surface area contributed by atoms with Gasteiger partial charge in [0.25, 0.3) is 0 Å². The van der Waals surface area contributed by atoms with Gasteiger partial charge in [0.05, 0.1) is 12.0 Å². The molecule has 15 heteroatoms. The first-order chi connectivity index (χ1) is 20.0. The Balaban J connectivity index is 1.60. The number of aliphatic carboxylic acids is 1. The van der Waals surface area contributed by atoms with E-state index in [1.165, 1.54) is 9.80 Å². The number of carboxylic acid groups (broad SMARTS) is 1. The molecule has 4 atom stereocenters. The zero-order valence-electron chi connectivity index (χ0n) is 22.4. The number of likely N-dealkylation sites (tertiary alicyclic amines) is 2. The number of halogens is 8. The first-order valence-corrected chi connectivity index (χ1v) is 15.7. The Bertz CT molecular complexity index is 1390. The first kappa shape index (κ1) is 32.1. The number of alkyl halides is 7. The molecule has 1 unspecified atom stereocenters. The van der Waals surface area contributed by atoms with E-state index in [2.05, 4.69) is 22.6 Å². The summed E-state index contributed by atoms with van der Waals surface area (Å²) in [6.45, 7) is 0.373. The standard InChI is InChI=1S/C28H26F7IN2O4S/c29-26(27(30,31)32,28(33,34)35)18-4-9-21-16(14-18)3-10-22-25(21,43(42)20-7-5-19(36)6-8-20)11-13-38(22)24(41)37-12-1-2-17(15-37)23(39)40/h4-9,14,17,22H,1-3,10-13,15H2,(H,39,40)/t17-,22-,25-,43?/m1/s1. The molecule has 2 aromatic carbocycles. The lowest BCUT2D eigenvalue weighted by Gasteiger charge is -2.44. The van der Waals surface area contributed by atoms with Crippen molar-refractivity contribution in [2.45, 2.75) is 65.8 Å². The Labute approximate surface area is 258 Å². The van der Waals surface area contributed by atoms with Gasteiger partial charge in [-0.3, -0.25) is 4.79 Å². The van der Waals surface area contributed by atoms with E-state index in [1.807, 2.05) is 0 Å². The van der Waals surface area contributed by atoms with E-state index >= 15 is 0 Å². The highest BCUT2D eigenvalue weighted by atomic mass is 127. The van der Waals surface area contributed by atoms with Crippen molar-refractivity contribution in [3.63, 3.8) is 0 Å². The van der Waals surface area contributed by atoms with Gasteiger partial charge < -0.3 is 19.5 Å². The zero-order chi connectivity index (χ0) is 31.5. The number of nitrogens with zero attached hydrogens (tertiary/aromatic N) is 2. The van der Waals surface area contributed by atoms with Crippen molar-refractivity contribution in [1.82, 2.24) is 9.80 Å². The predicted octanol–water partition coefficient (Wildman–Crippen LogP) is 6.52. The third kappa shape index (κ3) is 5.26. The lowest BCUT2D eigenvalue weighted by Crippen LogP contribution is -2.56. The number of amides is 2. The largest absolute Gasteiger partial charge is 0.611 e. The number of carbonyl (C=O) groups excluding carboxylic acids is 1. The molecule has 234 valence electrons. The zero-order valence-corrected chi connectivity index (χ0v) is 25.3. The summed E-state index contributed by atoms with van der Waals surface area (Å²) in [5.41, 5.74) is -7.02. The van der Waals surface area contributed by atoms with Crippen LogP contribution in [0.25, 0.3) is 0 Å². The molecule has 0 saturated carbocycles. The molecule has 2 aromatic rings. The minimum atomic E-state index is -6.28. The van der Waals surface area contributed by atoms with Gasteiger partial charge in [-0.25, -0.2) is 9.18 Å². The van der Waals surface area contributed by atoms with Crippen molar-refractivity contribution in [1.29, 1.82) is 0 Å². The van der Waals surface area contributed by atoms with Gasteiger partial charge in [-0.15, -0.1) is 0 Å². The Hall–Kier alpha value is -2.27. The fourth-order valence-corrected chi connectivity index (χ4v) is 8.95. The second kappa shape index (κ2) is 11.3. The van der Waals surface area contributed by atoms with Crippen LogP contribution in [0, 0.1) is 9.49 Å². The van der Waals surface area contributed by atoms with Gasteiger partial charge in [0.2, 0.25) is 0 Å². The Morgan fingerprint density at radius 1 is 0.977 bits per heavy atom. The van der Waals surface area contributed by atoms with Crippen LogP contribution in [0.3, 0.4) is 0 Å². The topological polar surface area (TPSA) is 83.9 Å². The number of hydrogen-bond donors (Lipinski definition) is 1. The molecule has 1 N–H and O–H groups in total. The van der Waals surface area contributed by atoms with Crippen molar-refractivity contribution < 1.29 is 50.0 Å². The highest BCUT2D eigenvalue weighted by Gasteiger charge is 2.74. The summed E-state index contributed by atoms with van der Waals surface area (Å²) >= 11 is 0.120. The van der Waals surface area contributed by atoms with Crippen LogP contribution in [0.15, 0.2) is 47.4 Å². The minimum absolute atomic E-state index is 0.00125. The molecule has 5 rings (SSSR count). The number of fused-ring (bicyclic) bond motifs is 3. The number of piperidine rings is 1. The third-order valence-corrected chi connectivity index (χ3v) is 11.5. The number of aryl methyl sites for hydroxylation is 1. The lowest BCUT2D eigenvalue weighted by atomic mass is 9.77. The van der Waals surface area contributed by atoms with Gasteiger partial charge in [0.1, 0.15) is 0 Å². The maximum atomic E-state index is 15.0. The molecule has 2 amide bonds. The molecule has 0 spiro atoms. The average molecular weight is 746 g/mol. The number of carbonyl (C=O) groups is 2. The maximum Gasteiger partial charge on any atom is 0.435 e. The molecule has 2 heterocycles. The highest BCUT2D eigenvalue weighted by molar-refractivity contribution is 14.1. The summed E-state index contributed by atoms with van der Waals surface area (Å²) in [5.74, 6) is -1.78. The van der Waals surface area contributed by atoms with Gasteiger partial charge in [0.15, 0.2) is 9.64 Å².